The molecule has 174 valence electrons. The summed E-state index contributed by atoms with van der Waals surface area (Å²) in [6.45, 7) is 0.137. The molecule has 2 aromatic heterocycles. The van der Waals surface area contributed by atoms with E-state index in [-0.39, 0.29) is 29.2 Å². The maximum atomic E-state index is 13.6. The standard InChI is InChI=1S/C23H16ClF3N4O3/c24-21-20(31(33)34)18(10-12-29-21)28-11-9-16-13-14-5-4-8-17(23(25,26)27)19(14)22(32)30(16)15-6-2-1-3-7-15/h1-8,10,12-13H,9,11H2,(H,28,29). The quantitative estimate of drug-likeness (QED) is 0.216. The summed E-state index contributed by atoms with van der Waals surface area (Å²) < 4.78 is 42.1. The molecule has 11 heteroatoms. The van der Waals surface area contributed by atoms with Crippen molar-refractivity contribution in [3.8, 4) is 5.69 Å². The number of pyridine rings is 2. The molecule has 0 unspecified atom stereocenters. The van der Waals surface area contributed by atoms with Crippen LogP contribution in [0.1, 0.15) is 11.3 Å². The predicted molar refractivity (Wildman–Crippen MR) is 123 cm³/mol. The fourth-order valence-corrected chi connectivity index (χ4v) is 3.99. The molecule has 4 rings (SSSR count). The number of rotatable bonds is 6. The van der Waals surface area contributed by atoms with Gasteiger partial charge in [0.15, 0.2) is 0 Å². The first-order valence-corrected chi connectivity index (χ1v) is 10.4. The zero-order valence-corrected chi connectivity index (χ0v) is 18.1. The molecule has 34 heavy (non-hydrogen) atoms. The van der Waals surface area contributed by atoms with E-state index in [9.17, 15) is 28.1 Å². The number of anilines is 1. The van der Waals surface area contributed by atoms with E-state index in [1.165, 1.54) is 35.0 Å². The van der Waals surface area contributed by atoms with Crippen LogP contribution >= 0.6 is 11.6 Å². The van der Waals surface area contributed by atoms with Crippen molar-refractivity contribution in [2.75, 3.05) is 11.9 Å². The molecule has 2 heterocycles. The molecule has 0 saturated heterocycles. The highest BCUT2D eigenvalue weighted by Crippen LogP contribution is 2.34. The van der Waals surface area contributed by atoms with Gasteiger partial charge >= 0.3 is 11.9 Å². The molecule has 0 bridgehead atoms. The number of halogens is 4. The van der Waals surface area contributed by atoms with Crippen molar-refractivity contribution in [2.45, 2.75) is 12.6 Å². The normalized spacial score (nSPS) is 11.5. The average Bonchev–Trinajstić information content (AvgIpc) is 2.78. The first kappa shape index (κ1) is 23.2. The Morgan fingerprint density at radius 2 is 1.82 bits per heavy atom. The first-order chi connectivity index (χ1) is 16.2. The third kappa shape index (κ3) is 4.44. The number of hydrogen-bond donors (Lipinski definition) is 1. The average molecular weight is 489 g/mol. The molecular formula is C23H16ClF3N4O3. The van der Waals surface area contributed by atoms with Crippen molar-refractivity contribution in [1.82, 2.24) is 9.55 Å². The fourth-order valence-electron chi connectivity index (χ4n) is 3.77. The molecule has 0 saturated carbocycles. The summed E-state index contributed by atoms with van der Waals surface area (Å²) in [7, 11) is 0. The van der Waals surface area contributed by atoms with Crippen molar-refractivity contribution in [3.63, 3.8) is 0 Å². The van der Waals surface area contributed by atoms with Crippen molar-refractivity contribution < 1.29 is 18.1 Å². The van der Waals surface area contributed by atoms with E-state index in [1.807, 2.05) is 0 Å². The third-order valence-corrected chi connectivity index (χ3v) is 5.48. The second-order valence-electron chi connectivity index (χ2n) is 7.31. The summed E-state index contributed by atoms with van der Waals surface area (Å²) in [6.07, 6.45) is -3.21. The number of para-hydroxylation sites is 1. The van der Waals surface area contributed by atoms with E-state index in [0.717, 1.165) is 6.07 Å². The zero-order chi connectivity index (χ0) is 24.5. The van der Waals surface area contributed by atoms with E-state index >= 15 is 0 Å². The van der Waals surface area contributed by atoms with Gasteiger partial charge in [-0.2, -0.15) is 13.2 Å². The van der Waals surface area contributed by atoms with Gasteiger partial charge in [-0.3, -0.25) is 19.5 Å². The summed E-state index contributed by atoms with van der Waals surface area (Å²) in [5, 5.41) is 13.7. The van der Waals surface area contributed by atoms with Crippen LogP contribution in [0.5, 0.6) is 0 Å². The Labute approximate surface area is 195 Å². The summed E-state index contributed by atoms with van der Waals surface area (Å²) in [5.41, 5.74) is -1.23. The van der Waals surface area contributed by atoms with E-state index in [4.69, 9.17) is 11.6 Å². The molecule has 0 fully saturated rings. The van der Waals surface area contributed by atoms with Gasteiger partial charge < -0.3 is 5.32 Å². The molecule has 4 aromatic rings. The molecule has 0 atom stereocenters. The number of nitrogens with one attached hydrogen (secondary N) is 1. The minimum atomic E-state index is -4.70. The van der Waals surface area contributed by atoms with Crippen LogP contribution in [0.3, 0.4) is 0 Å². The molecule has 0 spiro atoms. The van der Waals surface area contributed by atoms with Gasteiger partial charge in [-0.1, -0.05) is 41.9 Å². The Hall–Kier alpha value is -3.92. The number of nitro groups is 1. The number of alkyl halides is 3. The van der Waals surface area contributed by atoms with E-state index < -0.39 is 33.3 Å². The highest BCUT2D eigenvalue weighted by atomic mass is 35.5. The molecule has 0 aliphatic rings. The molecule has 1 N–H and O–H groups in total. The lowest BCUT2D eigenvalue weighted by molar-refractivity contribution is -0.384. The van der Waals surface area contributed by atoms with Gasteiger partial charge in [0.1, 0.15) is 5.69 Å². The molecule has 0 aliphatic heterocycles. The summed E-state index contributed by atoms with van der Waals surface area (Å²) in [6, 6.07) is 14.8. The number of benzene rings is 2. The first-order valence-electron chi connectivity index (χ1n) is 10.0. The largest absolute Gasteiger partial charge is 0.417 e. The monoisotopic (exact) mass is 488 g/mol. The molecule has 0 radical (unpaired) electrons. The van der Waals surface area contributed by atoms with Gasteiger partial charge in [-0.15, -0.1) is 0 Å². The molecule has 0 aliphatic carbocycles. The minimum Gasteiger partial charge on any atom is -0.379 e. The highest BCUT2D eigenvalue weighted by Gasteiger charge is 2.34. The lowest BCUT2D eigenvalue weighted by atomic mass is 10.0. The van der Waals surface area contributed by atoms with Crippen molar-refractivity contribution >= 4 is 33.7 Å². The molecule has 0 amide bonds. The van der Waals surface area contributed by atoms with Gasteiger partial charge in [0.05, 0.1) is 15.9 Å². The van der Waals surface area contributed by atoms with Crippen molar-refractivity contribution in [2.24, 2.45) is 0 Å². The Bertz CT molecular complexity index is 1440. The summed E-state index contributed by atoms with van der Waals surface area (Å²) in [4.78, 5) is 27.7. The fraction of sp³-hybridized carbons (Fsp3) is 0.130. The van der Waals surface area contributed by atoms with Crippen LogP contribution in [-0.2, 0) is 12.6 Å². The topological polar surface area (TPSA) is 90.1 Å². The second kappa shape index (κ2) is 9.14. The van der Waals surface area contributed by atoms with Gasteiger partial charge in [0.2, 0.25) is 5.15 Å². The Morgan fingerprint density at radius 3 is 2.50 bits per heavy atom. The number of aromatic nitrogens is 2. The third-order valence-electron chi connectivity index (χ3n) is 5.20. The van der Waals surface area contributed by atoms with Gasteiger partial charge in [0, 0.05) is 30.5 Å². The van der Waals surface area contributed by atoms with Crippen LogP contribution in [0, 0.1) is 10.1 Å². The van der Waals surface area contributed by atoms with Crippen LogP contribution < -0.4 is 10.9 Å². The number of nitrogens with zero attached hydrogens (tertiary/aromatic N) is 3. The minimum absolute atomic E-state index is 0.137. The van der Waals surface area contributed by atoms with Crippen LogP contribution in [0.4, 0.5) is 24.5 Å². The van der Waals surface area contributed by atoms with Crippen molar-refractivity contribution in [1.29, 1.82) is 0 Å². The van der Waals surface area contributed by atoms with Crippen LogP contribution in [0.2, 0.25) is 5.15 Å². The maximum absolute atomic E-state index is 13.6. The Balaban J connectivity index is 1.80. The van der Waals surface area contributed by atoms with Gasteiger partial charge in [-0.05, 0) is 35.7 Å². The van der Waals surface area contributed by atoms with Crippen LogP contribution in [-0.4, -0.2) is 21.0 Å². The lowest BCUT2D eigenvalue weighted by Crippen LogP contribution is -2.25. The predicted octanol–water partition coefficient (Wildman–Crippen LogP) is 5.62. The Morgan fingerprint density at radius 1 is 1.09 bits per heavy atom. The SMILES string of the molecule is O=c1c2c(C(F)(F)F)cccc2cc(CCNc2ccnc(Cl)c2[N+](=O)[O-])n1-c1ccccc1. The smallest absolute Gasteiger partial charge is 0.379 e. The van der Waals surface area contributed by atoms with E-state index in [0.29, 0.717) is 11.4 Å². The second-order valence-corrected chi connectivity index (χ2v) is 7.67. The molecule has 7 nitrogen and oxygen atoms in total. The molecule has 2 aromatic carbocycles. The molecular weight excluding hydrogens is 473 g/mol. The number of fused-ring (bicyclic) bond motifs is 1. The van der Waals surface area contributed by atoms with Crippen LogP contribution in [0.25, 0.3) is 16.5 Å². The zero-order valence-electron chi connectivity index (χ0n) is 17.3. The summed E-state index contributed by atoms with van der Waals surface area (Å²) >= 11 is 5.83. The van der Waals surface area contributed by atoms with E-state index in [1.54, 1.807) is 30.3 Å². The van der Waals surface area contributed by atoms with Gasteiger partial charge in [-0.25, -0.2) is 4.98 Å². The number of hydrogen-bond acceptors (Lipinski definition) is 5. The van der Waals surface area contributed by atoms with E-state index in [2.05, 4.69) is 10.3 Å². The van der Waals surface area contributed by atoms with Gasteiger partial charge in [0.25, 0.3) is 5.56 Å². The highest BCUT2D eigenvalue weighted by molar-refractivity contribution is 6.32. The lowest BCUT2D eigenvalue weighted by Gasteiger charge is -2.17. The Kier molecular flexibility index (Phi) is 6.25. The van der Waals surface area contributed by atoms with Crippen molar-refractivity contribution in [3.05, 3.63) is 104 Å². The maximum Gasteiger partial charge on any atom is 0.417 e. The van der Waals surface area contributed by atoms with Crippen LogP contribution in [0.15, 0.2) is 71.7 Å². The summed E-state index contributed by atoms with van der Waals surface area (Å²) in [5.74, 6) is 0.